The van der Waals surface area contributed by atoms with E-state index in [9.17, 15) is 17.7 Å². The van der Waals surface area contributed by atoms with E-state index in [1.54, 1.807) is 11.0 Å². The van der Waals surface area contributed by atoms with Gasteiger partial charge in [-0.05, 0) is 33.9 Å². The van der Waals surface area contributed by atoms with Crippen LogP contribution >= 0.6 is 12.6 Å². The Morgan fingerprint density at radius 2 is 1.51 bits per heavy atom. The fourth-order valence-electron chi connectivity index (χ4n) is 5.01. The molecule has 0 bridgehead atoms. The van der Waals surface area contributed by atoms with E-state index in [1.807, 2.05) is 29.2 Å². The van der Waals surface area contributed by atoms with Crippen LogP contribution < -0.4 is 5.46 Å². The van der Waals surface area contributed by atoms with E-state index in [0.29, 0.717) is 43.2 Å². The predicted molar refractivity (Wildman–Crippen MR) is 134 cm³/mol. The van der Waals surface area contributed by atoms with Crippen LogP contribution in [-0.2, 0) is 11.3 Å². The molecule has 5 rings (SSSR count). The Morgan fingerprint density at radius 1 is 0.914 bits per heavy atom. The Bertz CT molecular complexity index is 1200. The first kappa shape index (κ1) is 23.8. The van der Waals surface area contributed by atoms with Crippen LogP contribution in [0.2, 0.25) is 0 Å². The molecule has 0 spiro atoms. The number of fused-ring (bicyclic) bond motifs is 3. The fraction of sp³-hybridized carbons (Fsp3) is 0.269. The number of nitrogens with zero attached hydrogens (tertiary/aromatic N) is 2. The summed E-state index contributed by atoms with van der Waals surface area (Å²) in [4.78, 5) is 16.8. The number of thiol groups is 1. The fourth-order valence-corrected chi connectivity index (χ4v) is 5.33. The lowest BCUT2D eigenvalue weighted by Gasteiger charge is -2.34. The molecule has 35 heavy (non-hydrogen) atoms. The van der Waals surface area contributed by atoms with Crippen LogP contribution in [0.25, 0.3) is 11.1 Å². The first-order chi connectivity index (χ1) is 16.8. The van der Waals surface area contributed by atoms with Gasteiger partial charge < -0.3 is 22.6 Å². The van der Waals surface area contributed by atoms with Crippen molar-refractivity contribution in [3.05, 3.63) is 83.4 Å². The van der Waals surface area contributed by atoms with Crippen LogP contribution in [-0.4, -0.2) is 55.7 Å². The average molecular weight is 497 g/mol. The van der Waals surface area contributed by atoms with Gasteiger partial charge in [0.1, 0.15) is 6.61 Å². The van der Waals surface area contributed by atoms with E-state index in [0.717, 1.165) is 17.2 Å². The SMILES string of the molecule is O=C(OCC1c2ccccc2-c2ccccc21)N1CCN(Cc2cc(S)cc([B-](F)(F)F)c2)CC1. The van der Waals surface area contributed by atoms with E-state index < -0.39 is 12.4 Å². The standard InChI is InChI=1S/C26H25BF3N2O2S/c28-27(29,30)19-13-18(14-20(35)15-19)16-31-9-11-32(12-10-31)26(33)34-17-25-23-7-3-1-5-21(23)22-6-2-4-8-24(22)25/h1-8,13-15,25,35H,9-12,16-17H2/q-1. The lowest BCUT2D eigenvalue weighted by Crippen LogP contribution is -2.48. The number of hydrogen-bond donors (Lipinski definition) is 1. The van der Waals surface area contributed by atoms with Crippen LogP contribution in [0.4, 0.5) is 17.7 Å². The minimum atomic E-state index is -5.07. The molecule has 4 nitrogen and oxygen atoms in total. The number of ether oxygens (including phenoxy) is 1. The molecule has 1 heterocycles. The first-order valence-electron chi connectivity index (χ1n) is 11.6. The second kappa shape index (κ2) is 9.62. The number of hydrogen-bond acceptors (Lipinski definition) is 4. The minimum absolute atomic E-state index is 0.00516. The van der Waals surface area contributed by atoms with E-state index in [1.165, 1.54) is 17.2 Å². The number of halogens is 3. The molecule has 3 aromatic carbocycles. The predicted octanol–water partition coefficient (Wildman–Crippen LogP) is 5.10. The van der Waals surface area contributed by atoms with Crippen molar-refractivity contribution in [3.8, 4) is 11.1 Å². The van der Waals surface area contributed by atoms with Crippen LogP contribution in [0, 0.1) is 0 Å². The summed E-state index contributed by atoms with van der Waals surface area (Å²) in [6.45, 7) is -2.37. The summed E-state index contributed by atoms with van der Waals surface area (Å²) in [5.74, 6) is 0.00516. The molecule has 1 fully saturated rings. The maximum atomic E-state index is 13.2. The zero-order valence-electron chi connectivity index (χ0n) is 19.0. The van der Waals surface area contributed by atoms with Gasteiger partial charge in [0.15, 0.2) is 0 Å². The van der Waals surface area contributed by atoms with E-state index in [4.69, 9.17) is 4.74 Å². The molecule has 0 N–H and O–H groups in total. The van der Waals surface area contributed by atoms with Crippen molar-refractivity contribution in [1.29, 1.82) is 0 Å². The second-order valence-corrected chi connectivity index (χ2v) is 9.59. The van der Waals surface area contributed by atoms with Gasteiger partial charge in [0, 0.05) is 43.5 Å². The zero-order valence-corrected chi connectivity index (χ0v) is 19.9. The molecule has 0 saturated carbocycles. The molecular weight excluding hydrogens is 472 g/mol. The van der Waals surface area contributed by atoms with Gasteiger partial charge in [-0.2, -0.15) is 0 Å². The first-order valence-corrected chi connectivity index (χ1v) is 12.1. The van der Waals surface area contributed by atoms with Gasteiger partial charge in [0.05, 0.1) is 0 Å². The quantitative estimate of drug-likeness (QED) is 0.394. The topological polar surface area (TPSA) is 32.8 Å². The monoisotopic (exact) mass is 497 g/mol. The highest BCUT2D eigenvalue weighted by Gasteiger charge is 2.31. The van der Waals surface area contributed by atoms with Crippen LogP contribution in [0.5, 0.6) is 0 Å². The molecule has 1 amide bonds. The molecule has 182 valence electrons. The van der Waals surface area contributed by atoms with Crippen LogP contribution in [0.1, 0.15) is 22.6 Å². The highest BCUT2D eigenvalue weighted by molar-refractivity contribution is 7.80. The van der Waals surface area contributed by atoms with Crippen molar-refractivity contribution in [2.45, 2.75) is 17.4 Å². The normalized spacial score (nSPS) is 16.2. The average Bonchev–Trinajstić information content (AvgIpc) is 3.16. The summed E-state index contributed by atoms with van der Waals surface area (Å²) in [7, 11) is 0. The number of carbonyl (C=O) groups excluding carboxylic acids is 1. The highest BCUT2D eigenvalue weighted by atomic mass is 32.1. The number of benzene rings is 3. The minimum Gasteiger partial charge on any atom is -0.448 e. The van der Waals surface area contributed by atoms with Crippen molar-refractivity contribution in [2.75, 3.05) is 32.8 Å². The Morgan fingerprint density at radius 3 is 2.11 bits per heavy atom. The van der Waals surface area contributed by atoms with Crippen molar-refractivity contribution in [1.82, 2.24) is 9.80 Å². The molecule has 3 aromatic rings. The third-order valence-corrected chi connectivity index (χ3v) is 7.01. The maximum Gasteiger partial charge on any atom is 0.509 e. The number of amides is 1. The zero-order chi connectivity index (χ0) is 24.6. The van der Waals surface area contributed by atoms with Gasteiger partial charge >= 0.3 is 13.1 Å². The largest absolute Gasteiger partial charge is 0.509 e. The van der Waals surface area contributed by atoms with Crippen molar-refractivity contribution >= 4 is 31.2 Å². The highest BCUT2D eigenvalue weighted by Crippen LogP contribution is 2.44. The van der Waals surface area contributed by atoms with Gasteiger partial charge in [0.25, 0.3) is 0 Å². The van der Waals surface area contributed by atoms with Gasteiger partial charge in [-0.25, -0.2) is 4.79 Å². The van der Waals surface area contributed by atoms with Gasteiger partial charge in [0.2, 0.25) is 0 Å². The molecule has 9 heteroatoms. The summed E-state index contributed by atoms with van der Waals surface area (Å²) in [5.41, 5.74) is 4.62. The molecule has 1 aliphatic carbocycles. The Labute approximate surface area is 208 Å². The molecule has 2 aliphatic rings. The summed E-state index contributed by atoms with van der Waals surface area (Å²) in [6, 6.07) is 20.3. The maximum absolute atomic E-state index is 13.2. The van der Waals surface area contributed by atoms with E-state index >= 15 is 0 Å². The summed E-state index contributed by atoms with van der Waals surface area (Å²) < 4.78 is 45.3. The van der Waals surface area contributed by atoms with Crippen LogP contribution in [0.15, 0.2) is 71.6 Å². The molecule has 0 unspecified atom stereocenters. The number of carbonyl (C=O) groups is 1. The molecule has 0 aromatic heterocycles. The van der Waals surface area contributed by atoms with Gasteiger partial charge in [-0.15, -0.1) is 18.1 Å². The third kappa shape index (κ3) is 5.06. The lowest BCUT2D eigenvalue weighted by atomic mass is 9.79. The van der Waals surface area contributed by atoms with Crippen molar-refractivity contribution in [3.63, 3.8) is 0 Å². The summed E-state index contributed by atoms with van der Waals surface area (Å²) in [6.07, 6.45) is -0.356. The number of piperazine rings is 1. The smallest absolute Gasteiger partial charge is 0.448 e. The van der Waals surface area contributed by atoms with Gasteiger partial charge in [-0.3, -0.25) is 4.90 Å². The van der Waals surface area contributed by atoms with Crippen LogP contribution in [0.3, 0.4) is 0 Å². The Balaban J connectivity index is 1.17. The molecule has 0 atom stereocenters. The molecule has 1 saturated heterocycles. The Hall–Kier alpha value is -2.91. The van der Waals surface area contributed by atoms with Crippen molar-refractivity contribution < 1.29 is 22.5 Å². The summed E-state index contributed by atoms with van der Waals surface area (Å²) in [5, 5.41) is 0. The Kier molecular flexibility index (Phi) is 6.55. The van der Waals surface area contributed by atoms with E-state index in [2.05, 4.69) is 36.9 Å². The van der Waals surface area contributed by atoms with Gasteiger partial charge in [-0.1, -0.05) is 60.7 Å². The van der Waals surface area contributed by atoms with E-state index in [-0.39, 0.29) is 18.6 Å². The molecule has 0 radical (unpaired) electrons. The second-order valence-electron chi connectivity index (χ2n) is 9.07. The van der Waals surface area contributed by atoms with Crippen molar-refractivity contribution in [2.24, 2.45) is 0 Å². The summed E-state index contributed by atoms with van der Waals surface area (Å²) >= 11 is 4.13. The molecular formula is C26H25BF3N2O2S-. The third-order valence-electron chi connectivity index (χ3n) is 6.75. The lowest BCUT2D eigenvalue weighted by molar-refractivity contribution is 0.0728. The molecule has 1 aliphatic heterocycles. The number of rotatable bonds is 5.